The lowest BCUT2D eigenvalue weighted by atomic mass is 10.00. The van der Waals surface area contributed by atoms with Crippen LogP contribution in [-0.2, 0) is 0 Å². The molecule has 6 aromatic rings. The zero-order chi connectivity index (χ0) is 23.0. The molecule has 5 aromatic carbocycles. The summed E-state index contributed by atoms with van der Waals surface area (Å²) in [6.07, 6.45) is 0. The van der Waals surface area contributed by atoms with Gasteiger partial charge in [-0.1, -0.05) is 76.7 Å². The van der Waals surface area contributed by atoms with Gasteiger partial charge < -0.3 is 9.63 Å². The summed E-state index contributed by atoms with van der Waals surface area (Å²) in [5.74, 6) is 0.222. The van der Waals surface area contributed by atoms with Crippen LogP contribution in [0.3, 0.4) is 0 Å². The van der Waals surface area contributed by atoms with Crippen molar-refractivity contribution in [2.45, 2.75) is 33.4 Å². The highest BCUT2D eigenvalue weighted by Gasteiger charge is 2.28. The zero-order valence-electron chi connectivity index (χ0n) is 18.4. The lowest BCUT2D eigenvalue weighted by Gasteiger charge is -2.18. The summed E-state index contributed by atoms with van der Waals surface area (Å²) in [5.41, 5.74) is 4.76. The third-order valence-corrected chi connectivity index (χ3v) is 8.67. The van der Waals surface area contributed by atoms with Gasteiger partial charge in [-0.05, 0) is 43.7 Å². The van der Waals surface area contributed by atoms with E-state index in [2.05, 4.69) is 55.4 Å². The van der Waals surface area contributed by atoms with Crippen molar-refractivity contribution in [3.8, 4) is 5.75 Å². The number of aromatic hydroxyl groups is 1. The molecule has 34 heavy (non-hydrogen) atoms. The van der Waals surface area contributed by atoms with Gasteiger partial charge in [-0.15, -0.1) is 0 Å². The van der Waals surface area contributed by atoms with Crippen molar-refractivity contribution < 1.29 is 9.63 Å². The standard InChI is InChI=1S/C28H18N2O2S2/c1-14-7-10-16(11-8-14)33-28-24-22-21(23-27(28)34-20-13-15(2)9-12-19(20)29-23)25(31)17-5-3-4-6-18(17)26(22)32-30-24/h3-13,31H,1-2H3. The fourth-order valence-electron chi connectivity index (χ4n) is 4.61. The van der Waals surface area contributed by atoms with Crippen LogP contribution in [-0.4, -0.2) is 10.3 Å². The van der Waals surface area contributed by atoms with Crippen molar-refractivity contribution in [1.29, 1.82) is 0 Å². The molecule has 0 radical (unpaired) electrons. The molecule has 164 valence electrons. The summed E-state index contributed by atoms with van der Waals surface area (Å²) < 4.78 is 5.95. The predicted octanol–water partition coefficient (Wildman–Crippen LogP) is 7.74. The number of aromatic nitrogens is 1. The number of fused-ring (bicyclic) bond motifs is 5. The van der Waals surface area contributed by atoms with Gasteiger partial charge in [0.2, 0.25) is 0 Å². The summed E-state index contributed by atoms with van der Waals surface area (Å²) in [4.78, 5) is 9.30. The Morgan fingerprint density at radius 2 is 1.65 bits per heavy atom. The van der Waals surface area contributed by atoms with Crippen LogP contribution in [0.2, 0.25) is 0 Å². The Labute approximate surface area is 203 Å². The third kappa shape index (κ3) is 2.82. The Bertz CT molecular complexity index is 1840. The molecule has 0 bridgehead atoms. The van der Waals surface area contributed by atoms with Crippen LogP contribution in [0.15, 0.2) is 95.8 Å². The second-order valence-corrected chi connectivity index (χ2v) is 10.7. The van der Waals surface area contributed by atoms with E-state index in [4.69, 9.17) is 9.52 Å². The Balaban J connectivity index is 1.65. The van der Waals surface area contributed by atoms with E-state index in [-0.39, 0.29) is 5.75 Å². The van der Waals surface area contributed by atoms with Crippen molar-refractivity contribution in [3.63, 3.8) is 0 Å². The van der Waals surface area contributed by atoms with Gasteiger partial charge in [0, 0.05) is 20.6 Å². The van der Waals surface area contributed by atoms with E-state index in [1.807, 2.05) is 30.3 Å². The summed E-state index contributed by atoms with van der Waals surface area (Å²) in [7, 11) is 0. The average molecular weight is 479 g/mol. The summed E-state index contributed by atoms with van der Waals surface area (Å²) in [6, 6.07) is 22.5. The van der Waals surface area contributed by atoms with E-state index < -0.39 is 0 Å². The molecule has 0 saturated carbocycles. The largest absolute Gasteiger partial charge is 0.507 e. The highest BCUT2D eigenvalue weighted by Crippen LogP contribution is 2.49. The van der Waals surface area contributed by atoms with Crippen molar-refractivity contribution in [2.24, 2.45) is 4.99 Å². The fraction of sp³-hybridized carbons (Fsp3) is 0.0714. The molecule has 6 heteroatoms. The van der Waals surface area contributed by atoms with Gasteiger partial charge in [0.05, 0.1) is 31.6 Å². The van der Waals surface area contributed by atoms with Crippen LogP contribution in [0.1, 0.15) is 11.1 Å². The molecule has 1 aromatic heterocycles. The van der Waals surface area contributed by atoms with Gasteiger partial charge in [-0.3, -0.25) is 0 Å². The molecule has 0 unspecified atom stereocenters. The van der Waals surface area contributed by atoms with E-state index in [0.29, 0.717) is 11.0 Å². The molecule has 4 nitrogen and oxygen atoms in total. The number of hydrogen-bond acceptors (Lipinski definition) is 6. The zero-order valence-corrected chi connectivity index (χ0v) is 20.1. The normalized spacial score (nSPS) is 12.8. The van der Waals surface area contributed by atoms with Crippen LogP contribution < -0.4 is 5.36 Å². The van der Waals surface area contributed by atoms with E-state index in [1.165, 1.54) is 11.1 Å². The lowest BCUT2D eigenvalue weighted by Crippen LogP contribution is -2.12. The number of phenols is 1. The van der Waals surface area contributed by atoms with Crippen LogP contribution in [0.25, 0.3) is 32.6 Å². The van der Waals surface area contributed by atoms with Gasteiger partial charge in [-0.25, -0.2) is 4.99 Å². The van der Waals surface area contributed by atoms with E-state index in [0.717, 1.165) is 52.3 Å². The van der Waals surface area contributed by atoms with Gasteiger partial charge in [-0.2, -0.15) is 0 Å². The van der Waals surface area contributed by atoms with Gasteiger partial charge >= 0.3 is 0 Å². The summed E-state index contributed by atoms with van der Waals surface area (Å²) >= 11 is 3.35. The maximum atomic E-state index is 11.5. The highest BCUT2D eigenvalue weighted by molar-refractivity contribution is 8.02. The molecule has 0 fully saturated rings. The second kappa shape index (κ2) is 7.26. The summed E-state index contributed by atoms with van der Waals surface area (Å²) in [5, 5.41) is 19.9. The second-order valence-electron chi connectivity index (χ2n) is 8.61. The van der Waals surface area contributed by atoms with Crippen LogP contribution in [0.5, 0.6) is 5.75 Å². The first-order valence-corrected chi connectivity index (χ1v) is 12.6. The fourth-order valence-corrected chi connectivity index (χ4v) is 6.91. The third-order valence-electron chi connectivity index (χ3n) is 6.28. The number of rotatable bonds is 2. The topological polar surface area (TPSA) is 58.6 Å². The molecule has 1 aliphatic rings. The van der Waals surface area contributed by atoms with Gasteiger partial charge in [0.15, 0.2) is 5.58 Å². The summed E-state index contributed by atoms with van der Waals surface area (Å²) in [6.45, 7) is 4.18. The molecular weight excluding hydrogens is 460 g/mol. The van der Waals surface area contributed by atoms with Crippen LogP contribution in [0.4, 0.5) is 5.69 Å². The smallest absolute Gasteiger partial charge is 0.176 e. The van der Waals surface area contributed by atoms with Crippen LogP contribution in [0, 0.1) is 13.8 Å². The van der Waals surface area contributed by atoms with Crippen molar-refractivity contribution in [1.82, 2.24) is 5.16 Å². The monoisotopic (exact) mass is 478 g/mol. The predicted molar refractivity (Wildman–Crippen MR) is 138 cm³/mol. The van der Waals surface area contributed by atoms with Crippen LogP contribution >= 0.6 is 23.5 Å². The van der Waals surface area contributed by atoms with E-state index in [9.17, 15) is 5.11 Å². The molecule has 7 rings (SSSR count). The Morgan fingerprint density at radius 3 is 2.47 bits per heavy atom. The number of benzene rings is 5. The van der Waals surface area contributed by atoms with E-state index in [1.54, 1.807) is 23.5 Å². The average Bonchev–Trinajstić information content (AvgIpc) is 3.29. The lowest BCUT2D eigenvalue weighted by molar-refractivity contribution is 0.465. The first-order chi connectivity index (χ1) is 16.6. The Morgan fingerprint density at radius 1 is 0.882 bits per heavy atom. The first-order valence-electron chi connectivity index (χ1n) is 11.0. The van der Waals surface area contributed by atoms with Crippen molar-refractivity contribution in [3.05, 3.63) is 83.2 Å². The molecule has 0 atom stereocenters. The Hall–Kier alpha value is -3.48. The van der Waals surface area contributed by atoms with E-state index >= 15 is 0 Å². The van der Waals surface area contributed by atoms with Gasteiger partial charge in [0.1, 0.15) is 11.3 Å². The molecule has 0 amide bonds. The number of aryl methyl sites for hydroxylation is 2. The molecule has 1 N–H and O–H groups in total. The first kappa shape index (κ1) is 19.9. The maximum Gasteiger partial charge on any atom is 0.176 e. The number of phenolic OH excluding ortho intramolecular Hbond substituents is 1. The molecule has 0 saturated heterocycles. The molecular formula is C28H18N2O2S2. The minimum atomic E-state index is 0.222. The molecule has 0 spiro atoms. The minimum absolute atomic E-state index is 0.222. The van der Waals surface area contributed by atoms with Crippen molar-refractivity contribution in [2.75, 3.05) is 0 Å². The SMILES string of the molecule is Cc1ccc(Sc2c3c(c4c(O)c5ccccc5c5onc2c45)=Nc2ccc(C)cc2S3)cc1. The van der Waals surface area contributed by atoms with Gasteiger partial charge in [0.25, 0.3) is 0 Å². The quantitative estimate of drug-likeness (QED) is 0.258. The minimum Gasteiger partial charge on any atom is -0.507 e. The maximum absolute atomic E-state index is 11.5. The molecule has 1 aliphatic heterocycles. The highest BCUT2D eigenvalue weighted by atomic mass is 32.2. The molecule has 2 heterocycles. The Kier molecular flexibility index (Phi) is 4.26. The number of nitrogens with zero attached hydrogens (tertiary/aromatic N) is 2. The molecule has 0 aliphatic carbocycles. The number of hydrogen-bond donors (Lipinski definition) is 1. The van der Waals surface area contributed by atoms with Crippen molar-refractivity contribution >= 4 is 61.9 Å².